The molecule has 4 aliphatic carbocycles. The van der Waals surface area contributed by atoms with Crippen molar-refractivity contribution in [2.24, 2.45) is 39.9 Å². The van der Waals surface area contributed by atoms with Crippen LogP contribution in [0.5, 0.6) is 0 Å². The summed E-state index contributed by atoms with van der Waals surface area (Å²) < 4.78 is 0. The van der Waals surface area contributed by atoms with E-state index >= 15 is 0 Å². The van der Waals surface area contributed by atoms with E-state index < -0.39 is 0 Å². The summed E-state index contributed by atoms with van der Waals surface area (Å²) in [6, 6.07) is 0. The van der Waals surface area contributed by atoms with Gasteiger partial charge in [0.15, 0.2) is 0 Å². The Hall–Kier alpha value is -0.370. The summed E-state index contributed by atoms with van der Waals surface area (Å²) in [5.74, 6) is 2.97. The van der Waals surface area contributed by atoms with Crippen molar-refractivity contribution < 1.29 is 9.90 Å². The Bertz CT molecular complexity index is 542. The predicted octanol–water partition coefficient (Wildman–Crippen LogP) is 4.99. The lowest BCUT2D eigenvalue weighted by Gasteiger charge is -2.65. The van der Waals surface area contributed by atoms with E-state index in [2.05, 4.69) is 20.8 Å². The molecule has 0 aromatic heterocycles. The second-order valence-corrected chi connectivity index (χ2v) is 10.6. The summed E-state index contributed by atoms with van der Waals surface area (Å²) >= 11 is 0. The topological polar surface area (TPSA) is 37.3 Å². The number of Topliss-reactive ketones (excluding diaryl/α,β-unsaturated/α-hetero) is 1. The van der Waals surface area contributed by atoms with Crippen molar-refractivity contribution >= 4 is 5.78 Å². The second kappa shape index (κ2) is 5.32. The van der Waals surface area contributed by atoms with Gasteiger partial charge in [0.2, 0.25) is 0 Å². The van der Waals surface area contributed by atoms with Crippen LogP contribution in [0, 0.1) is 39.9 Å². The molecule has 0 bridgehead atoms. The first-order chi connectivity index (χ1) is 11.2. The zero-order chi connectivity index (χ0) is 17.3. The van der Waals surface area contributed by atoms with Gasteiger partial charge in [-0.25, -0.2) is 0 Å². The van der Waals surface area contributed by atoms with Gasteiger partial charge in [-0.1, -0.05) is 20.8 Å². The fourth-order valence-electron chi connectivity index (χ4n) is 8.58. The molecular weight excluding hydrogens is 296 g/mol. The summed E-state index contributed by atoms with van der Waals surface area (Å²) in [4.78, 5) is 12.3. The fourth-order valence-corrected chi connectivity index (χ4v) is 8.58. The Morgan fingerprint density at radius 1 is 0.833 bits per heavy atom. The van der Waals surface area contributed by atoms with Crippen LogP contribution in [0.25, 0.3) is 0 Å². The third-order valence-corrected chi connectivity index (χ3v) is 9.72. The van der Waals surface area contributed by atoms with E-state index in [4.69, 9.17) is 0 Å². The van der Waals surface area contributed by atoms with Gasteiger partial charge in [0.25, 0.3) is 0 Å². The third kappa shape index (κ3) is 2.07. The minimum absolute atomic E-state index is 0.0603. The minimum atomic E-state index is -0.0603. The van der Waals surface area contributed by atoms with E-state index in [0.717, 1.165) is 31.1 Å². The molecule has 2 heteroatoms. The summed E-state index contributed by atoms with van der Waals surface area (Å²) in [7, 11) is 0. The van der Waals surface area contributed by atoms with Crippen molar-refractivity contribution in [2.45, 2.75) is 91.6 Å². The van der Waals surface area contributed by atoms with Crippen LogP contribution in [0.15, 0.2) is 0 Å². The first kappa shape index (κ1) is 17.1. The quantitative estimate of drug-likeness (QED) is 0.735. The Balaban J connectivity index is 1.68. The standard InChI is InChI=1S/C22H36O2/c1-14(23)17-5-6-18-21(17,3)12-9-19-20(2)11-8-16(24)13-15(20)7-10-22(18,19)4/h15-19,24H,5-13H2,1-4H3/t15-,16+,17?,18+,19+,20?,21?,22?/m0/s1. The molecule has 4 fully saturated rings. The van der Waals surface area contributed by atoms with Crippen molar-refractivity contribution in [1.82, 2.24) is 0 Å². The maximum atomic E-state index is 12.3. The number of fused-ring (bicyclic) bond motifs is 5. The van der Waals surface area contributed by atoms with Crippen LogP contribution in [0.2, 0.25) is 0 Å². The average Bonchev–Trinajstić information content (AvgIpc) is 2.87. The number of hydrogen-bond donors (Lipinski definition) is 1. The van der Waals surface area contributed by atoms with Gasteiger partial charge in [0.05, 0.1) is 6.10 Å². The van der Waals surface area contributed by atoms with Crippen LogP contribution in [0.3, 0.4) is 0 Å². The number of rotatable bonds is 1. The van der Waals surface area contributed by atoms with Gasteiger partial charge in [-0.2, -0.15) is 0 Å². The van der Waals surface area contributed by atoms with E-state index in [1.165, 1.54) is 38.5 Å². The van der Waals surface area contributed by atoms with Crippen LogP contribution in [0.1, 0.15) is 85.5 Å². The van der Waals surface area contributed by atoms with E-state index in [-0.39, 0.29) is 11.5 Å². The van der Waals surface area contributed by atoms with Crippen molar-refractivity contribution in [3.8, 4) is 0 Å². The molecule has 0 radical (unpaired) electrons. The highest BCUT2D eigenvalue weighted by molar-refractivity contribution is 5.79. The van der Waals surface area contributed by atoms with Crippen LogP contribution in [-0.2, 0) is 4.79 Å². The molecule has 4 rings (SSSR count). The molecule has 0 aromatic carbocycles. The van der Waals surface area contributed by atoms with Crippen molar-refractivity contribution in [2.75, 3.05) is 0 Å². The number of carbonyl (C=O) groups is 1. The number of carbonyl (C=O) groups excluding carboxylic acids is 1. The highest BCUT2D eigenvalue weighted by Crippen LogP contribution is 2.72. The van der Waals surface area contributed by atoms with E-state index in [0.29, 0.717) is 28.4 Å². The van der Waals surface area contributed by atoms with Gasteiger partial charge < -0.3 is 5.11 Å². The maximum Gasteiger partial charge on any atom is 0.133 e. The van der Waals surface area contributed by atoms with E-state index in [1.807, 2.05) is 6.92 Å². The number of ketones is 1. The molecular formula is C22H36O2. The van der Waals surface area contributed by atoms with Crippen LogP contribution in [-0.4, -0.2) is 17.0 Å². The molecule has 0 amide bonds. The van der Waals surface area contributed by atoms with Crippen LogP contribution >= 0.6 is 0 Å². The summed E-state index contributed by atoms with van der Waals surface area (Å²) in [5, 5.41) is 10.2. The zero-order valence-corrected chi connectivity index (χ0v) is 16.1. The molecule has 8 atom stereocenters. The molecule has 4 aliphatic rings. The number of aliphatic hydroxyl groups is 1. The first-order valence-corrected chi connectivity index (χ1v) is 10.4. The highest BCUT2D eigenvalue weighted by atomic mass is 16.3. The van der Waals surface area contributed by atoms with Gasteiger partial charge in [0, 0.05) is 5.92 Å². The Labute approximate surface area is 147 Å². The normalized spacial score (nSPS) is 57.0. The van der Waals surface area contributed by atoms with E-state index in [1.54, 1.807) is 0 Å². The molecule has 0 heterocycles. The lowest BCUT2D eigenvalue weighted by atomic mass is 9.39. The molecule has 1 N–H and O–H groups in total. The predicted molar refractivity (Wildman–Crippen MR) is 96.5 cm³/mol. The third-order valence-electron chi connectivity index (χ3n) is 9.72. The molecule has 2 nitrogen and oxygen atoms in total. The fraction of sp³-hybridized carbons (Fsp3) is 0.955. The van der Waals surface area contributed by atoms with Gasteiger partial charge in [-0.3, -0.25) is 4.79 Å². The molecule has 0 aliphatic heterocycles. The smallest absolute Gasteiger partial charge is 0.133 e. The molecule has 0 spiro atoms. The number of hydrogen-bond acceptors (Lipinski definition) is 2. The van der Waals surface area contributed by atoms with Gasteiger partial charge >= 0.3 is 0 Å². The molecule has 4 unspecified atom stereocenters. The van der Waals surface area contributed by atoms with E-state index in [9.17, 15) is 9.90 Å². The Kier molecular flexibility index (Phi) is 3.78. The second-order valence-electron chi connectivity index (χ2n) is 10.6. The largest absolute Gasteiger partial charge is 0.393 e. The van der Waals surface area contributed by atoms with Crippen LogP contribution in [0.4, 0.5) is 0 Å². The molecule has 4 saturated carbocycles. The lowest BCUT2D eigenvalue weighted by Crippen LogP contribution is -2.59. The summed E-state index contributed by atoms with van der Waals surface area (Å²) in [5.41, 5.74) is 1.07. The highest BCUT2D eigenvalue weighted by Gasteiger charge is 2.65. The number of aliphatic hydroxyl groups excluding tert-OH is 1. The molecule has 136 valence electrons. The molecule has 24 heavy (non-hydrogen) atoms. The SMILES string of the molecule is CC(=O)C1CC[C@@H]2C1(C)CC[C@@H]1C3(C)CC[C@@H](O)C[C@@H]3CCC12C. The molecule has 0 aromatic rings. The van der Waals surface area contributed by atoms with Crippen molar-refractivity contribution in [3.63, 3.8) is 0 Å². The lowest BCUT2D eigenvalue weighted by molar-refractivity contribution is -0.175. The monoisotopic (exact) mass is 332 g/mol. The van der Waals surface area contributed by atoms with Gasteiger partial charge in [-0.05, 0) is 98.7 Å². The maximum absolute atomic E-state index is 12.3. The van der Waals surface area contributed by atoms with Gasteiger partial charge in [-0.15, -0.1) is 0 Å². The van der Waals surface area contributed by atoms with Gasteiger partial charge in [0.1, 0.15) is 5.78 Å². The van der Waals surface area contributed by atoms with Crippen molar-refractivity contribution in [1.29, 1.82) is 0 Å². The Morgan fingerprint density at radius 2 is 1.46 bits per heavy atom. The summed E-state index contributed by atoms with van der Waals surface area (Å²) in [6.45, 7) is 9.39. The van der Waals surface area contributed by atoms with Crippen LogP contribution < -0.4 is 0 Å². The average molecular weight is 333 g/mol. The minimum Gasteiger partial charge on any atom is -0.393 e. The first-order valence-electron chi connectivity index (χ1n) is 10.4. The Morgan fingerprint density at radius 3 is 2.17 bits per heavy atom. The zero-order valence-electron chi connectivity index (χ0n) is 16.1. The van der Waals surface area contributed by atoms with Crippen molar-refractivity contribution in [3.05, 3.63) is 0 Å². The summed E-state index contributed by atoms with van der Waals surface area (Å²) in [6.07, 6.45) is 10.7. The molecule has 0 saturated heterocycles.